The molecule has 0 bridgehead atoms. The highest BCUT2D eigenvalue weighted by Gasteiger charge is 2.00. The van der Waals surface area contributed by atoms with E-state index >= 15 is 0 Å². The van der Waals surface area contributed by atoms with Crippen molar-refractivity contribution in [2.24, 2.45) is 5.10 Å². The Hall–Kier alpha value is -1.86. The number of nitrogens with one attached hydrogen (secondary N) is 2. The molecule has 0 spiro atoms. The third kappa shape index (κ3) is 5.54. The van der Waals surface area contributed by atoms with Crippen LogP contribution in [-0.4, -0.2) is 43.8 Å². The van der Waals surface area contributed by atoms with E-state index in [1.165, 1.54) is 13.2 Å². The van der Waals surface area contributed by atoms with E-state index in [0.717, 1.165) is 5.56 Å². The number of aromatic hydroxyl groups is 1. The smallest absolute Gasteiger partial charge is 0.187 e. The second-order valence-corrected chi connectivity index (χ2v) is 3.96. The summed E-state index contributed by atoms with van der Waals surface area (Å²) in [6, 6.07) is 4.92. The van der Waals surface area contributed by atoms with Crippen LogP contribution in [0.4, 0.5) is 0 Å². The minimum absolute atomic E-state index is 0.0874. The summed E-state index contributed by atoms with van der Waals surface area (Å²) >= 11 is 5.00. The lowest BCUT2D eigenvalue weighted by molar-refractivity contribution is 0.204. The Morgan fingerprint density at radius 1 is 1.47 bits per heavy atom. The van der Waals surface area contributed by atoms with E-state index in [9.17, 15) is 5.11 Å². The first-order chi connectivity index (χ1) is 9.17. The van der Waals surface area contributed by atoms with Crippen molar-refractivity contribution < 1.29 is 14.6 Å². The number of ether oxygens (including phenoxy) is 2. The Balaban J connectivity index is 2.46. The third-order valence-electron chi connectivity index (χ3n) is 2.18. The highest BCUT2D eigenvalue weighted by Crippen LogP contribution is 2.25. The van der Waals surface area contributed by atoms with Gasteiger partial charge in [0.2, 0.25) is 0 Å². The Labute approximate surface area is 117 Å². The van der Waals surface area contributed by atoms with Gasteiger partial charge in [-0.05, 0) is 36.0 Å². The summed E-state index contributed by atoms with van der Waals surface area (Å²) in [7, 11) is 3.11. The standard InChI is InChI=1S/C12H17N3O3S/c1-17-6-5-13-12(19)15-14-8-9-3-4-10(16)11(7-9)18-2/h3-4,7-8,16H,5-6H2,1-2H3,(H2,13,15,19). The van der Waals surface area contributed by atoms with Gasteiger partial charge in [0.05, 0.1) is 19.9 Å². The Morgan fingerprint density at radius 2 is 2.26 bits per heavy atom. The fourth-order valence-corrected chi connectivity index (χ4v) is 1.40. The molecule has 0 aliphatic rings. The normalized spacial score (nSPS) is 10.4. The van der Waals surface area contributed by atoms with Crippen molar-refractivity contribution in [3.63, 3.8) is 0 Å². The summed E-state index contributed by atoms with van der Waals surface area (Å²) in [6.45, 7) is 1.19. The fourth-order valence-electron chi connectivity index (χ4n) is 1.25. The average Bonchev–Trinajstić information content (AvgIpc) is 2.41. The zero-order chi connectivity index (χ0) is 14.1. The van der Waals surface area contributed by atoms with Crippen LogP contribution in [0.1, 0.15) is 5.56 Å². The lowest BCUT2D eigenvalue weighted by Gasteiger charge is -2.06. The van der Waals surface area contributed by atoms with Gasteiger partial charge in [0.15, 0.2) is 16.6 Å². The first-order valence-corrected chi connectivity index (χ1v) is 6.01. The lowest BCUT2D eigenvalue weighted by Crippen LogP contribution is -2.34. The number of benzene rings is 1. The molecule has 104 valence electrons. The van der Waals surface area contributed by atoms with Crippen molar-refractivity contribution in [3.8, 4) is 11.5 Å². The second kappa shape index (κ2) is 8.28. The van der Waals surface area contributed by atoms with Gasteiger partial charge in [-0.2, -0.15) is 5.10 Å². The molecule has 0 saturated carbocycles. The van der Waals surface area contributed by atoms with Crippen molar-refractivity contribution in [3.05, 3.63) is 23.8 Å². The minimum atomic E-state index is 0.0874. The zero-order valence-corrected chi connectivity index (χ0v) is 11.7. The highest BCUT2D eigenvalue weighted by atomic mass is 32.1. The van der Waals surface area contributed by atoms with Crippen LogP contribution in [0.15, 0.2) is 23.3 Å². The molecular weight excluding hydrogens is 266 g/mol. The molecule has 1 rings (SSSR count). The molecule has 0 unspecified atom stereocenters. The van der Waals surface area contributed by atoms with Crippen LogP contribution in [0.5, 0.6) is 11.5 Å². The highest BCUT2D eigenvalue weighted by molar-refractivity contribution is 7.80. The second-order valence-electron chi connectivity index (χ2n) is 3.55. The largest absolute Gasteiger partial charge is 0.504 e. The van der Waals surface area contributed by atoms with Crippen LogP contribution in [0, 0.1) is 0 Å². The lowest BCUT2D eigenvalue weighted by atomic mass is 10.2. The molecule has 0 fully saturated rings. The number of phenols is 1. The summed E-state index contributed by atoms with van der Waals surface area (Å²) in [4.78, 5) is 0. The Bertz CT molecular complexity index is 452. The van der Waals surface area contributed by atoms with Crippen LogP contribution < -0.4 is 15.5 Å². The maximum absolute atomic E-state index is 9.44. The van der Waals surface area contributed by atoms with E-state index in [2.05, 4.69) is 15.8 Å². The topological polar surface area (TPSA) is 75.1 Å². The van der Waals surface area contributed by atoms with Crippen LogP contribution in [-0.2, 0) is 4.74 Å². The van der Waals surface area contributed by atoms with Crippen molar-refractivity contribution >= 4 is 23.5 Å². The number of phenolic OH excluding ortho intramolecular Hbond substituents is 1. The Morgan fingerprint density at radius 3 is 2.95 bits per heavy atom. The van der Waals surface area contributed by atoms with E-state index in [-0.39, 0.29) is 5.75 Å². The van der Waals surface area contributed by atoms with E-state index < -0.39 is 0 Å². The molecule has 7 heteroatoms. The molecule has 0 amide bonds. The van der Waals surface area contributed by atoms with Crippen LogP contribution >= 0.6 is 12.2 Å². The van der Waals surface area contributed by atoms with Gasteiger partial charge in [0.1, 0.15) is 0 Å². The molecule has 0 heterocycles. The summed E-state index contributed by atoms with van der Waals surface area (Å²) in [5.41, 5.74) is 3.45. The molecule has 3 N–H and O–H groups in total. The van der Waals surface area contributed by atoms with Gasteiger partial charge in [-0.3, -0.25) is 5.43 Å². The van der Waals surface area contributed by atoms with Gasteiger partial charge in [0.25, 0.3) is 0 Å². The fraction of sp³-hybridized carbons (Fsp3) is 0.333. The SMILES string of the molecule is COCCNC(=S)NN=Cc1ccc(O)c(OC)c1. The number of hydrazone groups is 1. The molecule has 0 aliphatic carbocycles. The van der Waals surface area contributed by atoms with Crippen LogP contribution in [0.25, 0.3) is 0 Å². The van der Waals surface area contributed by atoms with E-state index in [1.54, 1.807) is 25.5 Å². The molecule has 0 aliphatic heterocycles. The maximum Gasteiger partial charge on any atom is 0.187 e. The minimum Gasteiger partial charge on any atom is -0.504 e. The molecule has 0 atom stereocenters. The Kier molecular flexibility index (Phi) is 6.62. The quantitative estimate of drug-likeness (QED) is 0.311. The molecule has 1 aromatic carbocycles. The monoisotopic (exact) mass is 283 g/mol. The molecule has 0 saturated heterocycles. The number of hydrogen-bond donors (Lipinski definition) is 3. The van der Waals surface area contributed by atoms with Crippen molar-refractivity contribution in [2.75, 3.05) is 27.4 Å². The first-order valence-electron chi connectivity index (χ1n) is 5.60. The number of nitrogens with zero attached hydrogens (tertiary/aromatic N) is 1. The van der Waals surface area contributed by atoms with E-state index in [0.29, 0.717) is 24.0 Å². The summed E-state index contributed by atoms with van der Waals surface area (Å²) in [5.74, 6) is 0.481. The molecule has 19 heavy (non-hydrogen) atoms. The van der Waals surface area contributed by atoms with E-state index in [1.807, 2.05) is 0 Å². The van der Waals surface area contributed by atoms with Gasteiger partial charge >= 0.3 is 0 Å². The van der Waals surface area contributed by atoms with Crippen molar-refractivity contribution in [2.45, 2.75) is 0 Å². The van der Waals surface area contributed by atoms with Gasteiger partial charge in [-0.1, -0.05) is 0 Å². The molecule has 6 nitrogen and oxygen atoms in total. The molecule has 1 aromatic rings. The first kappa shape index (κ1) is 15.2. The van der Waals surface area contributed by atoms with Crippen LogP contribution in [0.2, 0.25) is 0 Å². The number of rotatable bonds is 6. The molecule has 0 aromatic heterocycles. The number of hydrogen-bond acceptors (Lipinski definition) is 5. The van der Waals surface area contributed by atoms with Crippen LogP contribution in [0.3, 0.4) is 0 Å². The van der Waals surface area contributed by atoms with Gasteiger partial charge in [0, 0.05) is 13.7 Å². The van der Waals surface area contributed by atoms with Crippen molar-refractivity contribution in [1.29, 1.82) is 0 Å². The number of thiocarbonyl (C=S) groups is 1. The molecule has 0 radical (unpaired) electrons. The predicted octanol–water partition coefficient (Wildman–Crippen LogP) is 0.845. The van der Waals surface area contributed by atoms with E-state index in [4.69, 9.17) is 21.7 Å². The zero-order valence-electron chi connectivity index (χ0n) is 10.8. The maximum atomic E-state index is 9.44. The third-order valence-corrected chi connectivity index (χ3v) is 2.41. The summed E-state index contributed by atoms with van der Waals surface area (Å²) in [6.07, 6.45) is 1.58. The van der Waals surface area contributed by atoms with Gasteiger partial charge in [-0.25, -0.2) is 0 Å². The average molecular weight is 283 g/mol. The van der Waals surface area contributed by atoms with Crippen molar-refractivity contribution in [1.82, 2.24) is 10.7 Å². The summed E-state index contributed by atoms with van der Waals surface area (Å²) < 4.78 is 9.87. The summed E-state index contributed by atoms with van der Waals surface area (Å²) in [5, 5.41) is 16.7. The van der Waals surface area contributed by atoms with Gasteiger partial charge < -0.3 is 19.9 Å². The number of methoxy groups -OCH3 is 2. The predicted molar refractivity (Wildman–Crippen MR) is 77.9 cm³/mol. The molecular formula is C12H17N3O3S. The van der Waals surface area contributed by atoms with Gasteiger partial charge in [-0.15, -0.1) is 0 Å².